The predicted molar refractivity (Wildman–Crippen MR) is 97.5 cm³/mol. The monoisotopic (exact) mass is 317 g/mol. The van der Waals surface area contributed by atoms with Gasteiger partial charge in [0.25, 0.3) is 0 Å². The summed E-state index contributed by atoms with van der Waals surface area (Å²) in [5, 5.41) is 0. The highest BCUT2D eigenvalue weighted by Crippen LogP contribution is 2.14. The fraction of sp³-hybridized carbons (Fsp3) is 0.600. The Bertz CT molecular complexity index is 501. The molecule has 0 saturated carbocycles. The molecule has 0 saturated heterocycles. The van der Waals surface area contributed by atoms with E-state index < -0.39 is 0 Å². The molecule has 0 atom stereocenters. The summed E-state index contributed by atoms with van der Waals surface area (Å²) in [5.74, 6) is 2.19. The van der Waals surface area contributed by atoms with Crippen LogP contribution in [0.4, 0.5) is 0 Å². The van der Waals surface area contributed by atoms with E-state index >= 15 is 0 Å². The van der Waals surface area contributed by atoms with Gasteiger partial charge in [-0.25, -0.2) is 0 Å². The minimum Gasteiger partial charge on any atom is -0.494 e. The van der Waals surface area contributed by atoms with Crippen molar-refractivity contribution in [2.75, 3.05) is 13.2 Å². The molecule has 128 valence electrons. The number of aliphatic imine (C=N–C) groups is 1. The van der Waals surface area contributed by atoms with Gasteiger partial charge in [-0.15, -0.1) is 0 Å². The van der Waals surface area contributed by atoms with Gasteiger partial charge in [0.1, 0.15) is 11.5 Å². The molecular weight excluding hydrogens is 286 g/mol. The second-order valence-corrected chi connectivity index (χ2v) is 6.93. The third kappa shape index (κ3) is 8.53. The predicted octanol–water partition coefficient (Wildman–Crippen LogP) is 4.93. The van der Waals surface area contributed by atoms with Crippen molar-refractivity contribution >= 4 is 11.5 Å². The number of hydrogen-bond acceptors (Lipinski definition) is 3. The molecule has 0 aliphatic rings. The summed E-state index contributed by atoms with van der Waals surface area (Å²) in [5.41, 5.74) is 2.19. The van der Waals surface area contributed by atoms with Crippen molar-refractivity contribution in [2.45, 2.75) is 53.9 Å². The zero-order valence-corrected chi connectivity index (χ0v) is 15.3. The van der Waals surface area contributed by atoms with E-state index in [-0.39, 0.29) is 0 Å². The van der Waals surface area contributed by atoms with Crippen LogP contribution >= 0.6 is 0 Å². The lowest BCUT2D eigenvalue weighted by molar-refractivity contribution is -0.119. The lowest BCUT2D eigenvalue weighted by Crippen LogP contribution is -2.06. The Balaban J connectivity index is 2.37. The van der Waals surface area contributed by atoms with Crippen molar-refractivity contribution in [3.05, 3.63) is 29.8 Å². The van der Waals surface area contributed by atoms with Crippen molar-refractivity contribution in [3.8, 4) is 5.75 Å². The maximum atomic E-state index is 11.6. The number of nitrogens with zero attached hydrogens (tertiary/aromatic N) is 1. The standard InChI is InChI=1S/C20H31NO2/c1-15(2)13-19(22)7-6-12-23-20-10-8-18(9-11-20)17(5)21-14-16(3)4/h8-11,15-16H,6-7,12-14H2,1-5H3. The second-order valence-electron chi connectivity index (χ2n) is 6.93. The largest absolute Gasteiger partial charge is 0.494 e. The molecule has 1 aromatic rings. The smallest absolute Gasteiger partial charge is 0.133 e. The highest BCUT2D eigenvalue weighted by molar-refractivity contribution is 5.98. The summed E-state index contributed by atoms with van der Waals surface area (Å²) in [7, 11) is 0. The van der Waals surface area contributed by atoms with Crippen LogP contribution in [0.15, 0.2) is 29.3 Å². The quantitative estimate of drug-likeness (QED) is 0.453. The Morgan fingerprint density at radius 3 is 2.30 bits per heavy atom. The van der Waals surface area contributed by atoms with Crippen LogP contribution < -0.4 is 4.74 Å². The first-order valence-corrected chi connectivity index (χ1v) is 8.64. The molecule has 0 bridgehead atoms. The van der Waals surface area contributed by atoms with Gasteiger partial charge in [-0.05, 0) is 55.0 Å². The van der Waals surface area contributed by atoms with Crippen LogP contribution in [0.25, 0.3) is 0 Å². The average Bonchev–Trinajstić information content (AvgIpc) is 2.49. The van der Waals surface area contributed by atoms with Crippen molar-refractivity contribution in [2.24, 2.45) is 16.8 Å². The maximum Gasteiger partial charge on any atom is 0.133 e. The van der Waals surface area contributed by atoms with Gasteiger partial charge >= 0.3 is 0 Å². The van der Waals surface area contributed by atoms with Crippen LogP contribution in [-0.2, 0) is 4.79 Å². The van der Waals surface area contributed by atoms with Crippen LogP contribution in [0, 0.1) is 11.8 Å². The van der Waals surface area contributed by atoms with Crippen molar-refractivity contribution in [3.63, 3.8) is 0 Å². The molecule has 0 spiro atoms. The summed E-state index contributed by atoms with van der Waals surface area (Å²) in [6.45, 7) is 12.0. The highest BCUT2D eigenvalue weighted by atomic mass is 16.5. The number of ether oxygens (including phenoxy) is 1. The number of ketones is 1. The van der Waals surface area contributed by atoms with Gasteiger partial charge < -0.3 is 4.74 Å². The zero-order chi connectivity index (χ0) is 17.2. The minimum atomic E-state index is 0.330. The van der Waals surface area contributed by atoms with E-state index in [9.17, 15) is 4.79 Å². The summed E-state index contributed by atoms with van der Waals surface area (Å²) >= 11 is 0. The van der Waals surface area contributed by atoms with E-state index in [1.165, 1.54) is 0 Å². The summed E-state index contributed by atoms with van der Waals surface area (Å²) in [6, 6.07) is 8.02. The second kappa shape index (κ2) is 10.2. The number of hydrogen-bond donors (Lipinski definition) is 0. The van der Waals surface area contributed by atoms with Gasteiger partial charge in [0.15, 0.2) is 0 Å². The molecule has 1 aromatic carbocycles. The van der Waals surface area contributed by atoms with E-state index in [4.69, 9.17) is 4.74 Å². The first-order valence-electron chi connectivity index (χ1n) is 8.64. The maximum absolute atomic E-state index is 11.6. The fourth-order valence-electron chi connectivity index (χ4n) is 2.22. The van der Waals surface area contributed by atoms with E-state index in [2.05, 4.69) is 32.7 Å². The van der Waals surface area contributed by atoms with Crippen LogP contribution in [0.2, 0.25) is 0 Å². The summed E-state index contributed by atoms with van der Waals surface area (Å²) < 4.78 is 5.70. The molecule has 0 aliphatic heterocycles. The van der Waals surface area contributed by atoms with E-state index in [0.29, 0.717) is 37.1 Å². The molecule has 3 heteroatoms. The zero-order valence-electron chi connectivity index (χ0n) is 15.3. The topological polar surface area (TPSA) is 38.7 Å². The Hall–Kier alpha value is -1.64. The Morgan fingerprint density at radius 1 is 1.09 bits per heavy atom. The molecule has 1 rings (SSSR count). The van der Waals surface area contributed by atoms with Gasteiger partial charge in [-0.2, -0.15) is 0 Å². The van der Waals surface area contributed by atoms with Gasteiger partial charge in [0.2, 0.25) is 0 Å². The number of carbonyl (C=O) groups excluding carboxylic acids is 1. The molecule has 0 radical (unpaired) electrons. The highest BCUT2D eigenvalue weighted by Gasteiger charge is 2.05. The van der Waals surface area contributed by atoms with E-state index in [0.717, 1.165) is 30.0 Å². The van der Waals surface area contributed by atoms with Crippen LogP contribution in [-0.4, -0.2) is 24.6 Å². The third-order valence-electron chi connectivity index (χ3n) is 3.47. The van der Waals surface area contributed by atoms with Gasteiger partial charge in [-0.3, -0.25) is 9.79 Å². The summed E-state index contributed by atoms with van der Waals surface area (Å²) in [4.78, 5) is 16.2. The first kappa shape index (κ1) is 19.4. The van der Waals surface area contributed by atoms with Crippen molar-refractivity contribution in [1.82, 2.24) is 0 Å². The number of carbonyl (C=O) groups is 1. The molecular formula is C20H31NO2. The molecule has 3 nitrogen and oxygen atoms in total. The van der Waals surface area contributed by atoms with E-state index in [1.54, 1.807) is 0 Å². The van der Waals surface area contributed by atoms with Crippen LogP contribution in [0.3, 0.4) is 0 Å². The van der Waals surface area contributed by atoms with Gasteiger partial charge in [0, 0.05) is 25.1 Å². The SMILES string of the molecule is CC(=NCC(C)C)c1ccc(OCCCC(=O)CC(C)C)cc1. The molecule has 0 unspecified atom stereocenters. The Labute approximate surface area is 141 Å². The lowest BCUT2D eigenvalue weighted by Gasteiger charge is -2.08. The Morgan fingerprint density at radius 2 is 1.74 bits per heavy atom. The fourth-order valence-corrected chi connectivity index (χ4v) is 2.22. The molecule has 0 N–H and O–H groups in total. The summed E-state index contributed by atoms with van der Waals surface area (Å²) in [6.07, 6.45) is 2.06. The molecule has 0 aromatic heterocycles. The molecule has 23 heavy (non-hydrogen) atoms. The number of benzene rings is 1. The molecule has 0 aliphatic carbocycles. The average molecular weight is 317 g/mol. The molecule has 0 fully saturated rings. The van der Waals surface area contributed by atoms with Crippen LogP contribution in [0.5, 0.6) is 5.75 Å². The van der Waals surface area contributed by atoms with Crippen molar-refractivity contribution < 1.29 is 9.53 Å². The van der Waals surface area contributed by atoms with Gasteiger partial charge in [-0.1, -0.05) is 27.7 Å². The molecule has 0 amide bonds. The minimum absolute atomic E-state index is 0.330. The number of rotatable bonds is 10. The van der Waals surface area contributed by atoms with Gasteiger partial charge in [0.05, 0.1) is 6.61 Å². The lowest BCUT2D eigenvalue weighted by atomic mass is 10.0. The third-order valence-corrected chi connectivity index (χ3v) is 3.47. The first-order chi connectivity index (χ1) is 10.9. The number of Topliss-reactive ketones (excluding diaryl/α,β-unsaturated/α-hetero) is 1. The normalized spacial score (nSPS) is 12.0. The van der Waals surface area contributed by atoms with E-state index in [1.807, 2.05) is 31.2 Å². The van der Waals surface area contributed by atoms with Crippen molar-refractivity contribution in [1.29, 1.82) is 0 Å². The Kier molecular flexibility index (Phi) is 8.60. The molecule has 0 heterocycles. The van der Waals surface area contributed by atoms with Crippen LogP contribution in [0.1, 0.15) is 59.4 Å².